The van der Waals surface area contributed by atoms with Crippen LogP contribution < -0.4 is 10.1 Å². The smallest absolute Gasteiger partial charge is 0.137 e. The standard InChI is InChI=1S/C16H21N3O2/c1-20-11-9-18-12-15-2-3-16(13-19-15)21-10-6-14-4-7-17-8-5-14/h2-5,7-8,13,18H,6,9-12H2,1H3. The summed E-state index contributed by atoms with van der Waals surface area (Å²) in [4.78, 5) is 8.36. The van der Waals surface area contributed by atoms with Crippen molar-refractivity contribution < 1.29 is 9.47 Å². The Balaban J connectivity index is 1.69. The maximum atomic E-state index is 5.68. The molecular formula is C16H21N3O2. The van der Waals surface area contributed by atoms with Gasteiger partial charge >= 0.3 is 0 Å². The summed E-state index contributed by atoms with van der Waals surface area (Å²) in [5.41, 5.74) is 2.21. The molecule has 2 aromatic rings. The molecule has 0 unspecified atom stereocenters. The second-order valence-electron chi connectivity index (χ2n) is 4.61. The van der Waals surface area contributed by atoms with Crippen LogP contribution in [0, 0.1) is 0 Å². The van der Waals surface area contributed by atoms with E-state index in [1.54, 1.807) is 25.7 Å². The van der Waals surface area contributed by atoms with Gasteiger partial charge in [-0.1, -0.05) is 0 Å². The van der Waals surface area contributed by atoms with Crippen LogP contribution in [0.1, 0.15) is 11.3 Å². The van der Waals surface area contributed by atoms with Crippen molar-refractivity contribution in [3.05, 3.63) is 54.1 Å². The number of nitrogens with zero attached hydrogens (tertiary/aromatic N) is 2. The monoisotopic (exact) mass is 287 g/mol. The predicted octanol–water partition coefficient (Wildman–Crippen LogP) is 1.83. The summed E-state index contributed by atoms with van der Waals surface area (Å²) in [7, 11) is 1.69. The molecule has 2 aromatic heterocycles. The zero-order valence-electron chi connectivity index (χ0n) is 12.3. The maximum absolute atomic E-state index is 5.68. The van der Waals surface area contributed by atoms with Crippen molar-refractivity contribution in [2.45, 2.75) is 13.0 Å². The van der Waals surface area contributed by atoms with Crippen LogP contribution in [0.3, 0.4) is 0 Å². The molecule has 0 aliphatic carbocycles. The second-order valence-corrected chi connectivity index (χ2v) is 4.61. The molecule has 2 heterocycles. The molecular weight excluding hydrogens is 266 g/mol. The first-order valence-corrected chi connectivity index (χ1v) is 7.05. The minimum absolute atomic E-state index is 0.636. The fourth-order valence-electron chi connectivity index (χ4n) is 1.83. The molecule has 5 heteroatoms. The zero-order valence-corrected chi connectivity index (χ0v) is 12.3. The fourth-order valence-corrected chi connectivity index (χ4v) is 1.83. The molecule has 112 valence electrons. The van der Waals surface area contributed by atoms with E-state index in [0.717, 1.165) is 31.0 Å². The summed E-state index contributed by atoms with van der Waals surface area (Å²) in [6.07, 6.45) is 6.22. The molecule has 2 rings (SSSR count). The van der Waals surface area contributed by atoms with Crippen LogP contribution in [0.2, 0.25) is 0 Å². The van der Waals surface area contributed by atoms with Crippen LogP contribution in [0.4, 0.5) is 0 Å². The maximum Gasteiger partial charge on any atom is 0.137 e. The lowest BCUT2D eigenvalue weighted by Crippen LogP contribution is -2.19. The summed E-state index contributed by atoms with van der Waals surface area (Å²) in [6, 6.07) is 7.92. The van der Waals surface area contributed by atoms with Crippen LogP contribution in [0.15, 0.2) is 42.9 Å². The normalized spacial score (nSPS) is 10.5. The van der Waals surface area contributed by atoms with Crippen LogP contribution in [0.5, 0.6) is 5.75 Å². The van der Waals surface area contributed by atoms with Crippen molar-refractivity contribution in [2.24, 2.45) is 0 Å². The minimum atomic E-state index is 0.636. The first-order chi connectivity index (χ1) is 10.4. The van der Waals surface area contributed by atoms with Gasteiger partial charge in [0.2, 0.25) is 0 Å². The Morgan fingerprint density at radius 1 is 1.10 bits per heavy atom. The second kappa shape index (κ2) is 9.05. The van der Waals surface area contributed by atoms with E-state index in [0.29, 0.717) is 13.2 Å². The highest BCUT2D eigenvalue weighted by molar-refractivity contribution is 5.20. The third-order valence-electron chi connectivity index (χ3n) is 3.00. The first kappa shape index (κ1) is 15.4. The van der Waals surface area contributed by atoms with Gasteiger partial charge in [0.05, 0.1) is 25.1 Å². The summed E-state index contributed by atoms with van der Waals surface area (Å²) < 4.78 is 10.7. The molecule has 0 spiro atoms. The van der Waals surface area contributed by atoms with Gasteiger partial charge in [0.25, 0.3) is 0 Å². The van der Waals surface area contributed by atoms with E-state index >= 15 is 0 Å². The molecule has 0 saturated carbocycles. The van der Waals surface area contributed by atoms with E-state index in [4.69, 9.17) is 9.47 Å². The summed E-state index contributed by atoms with van der Waals surface area (Å²) >= 11 is 0. The Morgan fingerprint density at radius 2 is 1.95 bits per heavy atom. The van der Waals surface area contributed by atoms with Crippen LogP contribution in [-0.2, 0) is 17.7 Å². The molecule has 0 atom stereocenters. The Labute approximate surface area is 125 Å². The van der Waals surface area contributed by atoms with Gasteiger partial charge in [0.15, 0.2) is 0 Å². The van der Waals surface area contributed by atoms with Crippen LogP contribution in [0.25, 0.3) is 0 Å². The number of pyridine rings is 2. The predicted molar refractivity (Wildman–Crippen MR) is 81.3 cm³/mol. The van der Waals surface area contributed by atoms with Crippen LogP contribution >= 0.6 is 0 Å². The highest BCUT2D eigenvalue weighted by atomic mass is 16.5. The van der Waals surface area contributed by atoms with Crippen LogP contribution in [-0.4, -0.2) is 36.8 Å². The highest BCUT2D eigenvalue weighted by Crippen LogP contribution is 2.10. The molecule has 0 aromatic carbocycles. The van der Waals surface area contributed by atoms with Crippen molar-refractivity contribution in [2.75, 3.05) is 26.9 Å². The van der Waals surface area contributed by atoms with Crippen molar-refractivity contribution in [3.8, 4) is 5.75 Å². The quantitative estimate of drug-likeness (QED) is 0.713. The van der Waals surface area contributed by atoms with Crippen molar-refractivity contribution >= 4 is 0 Å². The number of hydrogen-bond donors (Lipinski definition) is 1. The number of rotatable bonds is 9. The SMILES string of the molecule is COCCNCc1ccc(OCCc2ccncc2)cn1. The molecule has 21 heavy (non-hydrogen) atoms. The van der Waals surface area contributed by atoms with Gasteiger partial charge in [-0.25, -0.2) is 0 Å². The molecule has 0 bridgehead atoms. The van der Waals surface area contributed by atoms with Gasteiger partial charge in [0.1, 0.15) is 5.75 Å². The Kier molecular flexibility index (Phi) is 6.64. The average Bonchev–Trinajstić information content (AvgIpc) is 2.54. The van der Waals surface area contributed by atoms with Gasteiger partial charge in [0, 0.05) is 39.0 Å². The lowest BCUT2D eigenvalue weighted by atomic mass is 10.2. The number of methoxy groups -OCH3 is 1. The summed E-state index contributed by atoms with van der Waals surface area (Å²) in [5, 5.41) is 3.25. The largest absolute Gasteiger partial charge is 0.492 e. The Bertz CT molecular complexity index is 503. The molecule has 0 aliphatic rings. The number of nitrogens with one attached hydrogen (secondary N) is 1. The Morgan fingerprint density at radius 3 is 2.67 bits per heavy atom. The van der Waals surface area contributed by atoms with E-state index in [1.807, 2.05) is 24.3 Å². The van der Waals surface area contributed by atoms with E-state index in [-0.39, 0.29) is 0 Å². The number of aromatic nitrogens is 2. The summed E-state index contributed by atoms with van der Waals surface area (Å²) in [6.45, 7) is 2.90. The van der Waals surface area contributed by atoms with E-state index in [1.165, 1.54) is 5.56 Å². The topological polar surface area (TPSA) is 56.3 Å². The number of hydrogen-bond acceptors (Lipinski definition) is 5. The van der Waals surface area contributed by atoms with Gasteiger partial charge in [-0.2, -0.15) is 0 Å². The minimum Gasteiger partial charge on any atom is -0.492 e. The fraction of sp³-hybridized carbons (Fsp3) is 0.375. The van der Waals surface area contributed by atoms with E-state index in [2.05, 4.69) is 15.3 Å². The van der Waals surface area contributed by atoms with E-state index in [9.17, 15) is 0 Å². The summed E-state index contributed by atoms with van der Waals surface area (Å²) in [5.74, 6) is 0.796. The lowest BCUT2D eigenvalue weighted by molar-refractivity contribution is 0.199. The molecule has 0 aliphatic heterocycles. The number of ether oxygens (including phenoxy) is 2. The van der Waals surface area contributed by atoms with Crippen molar-refractivity contribution in [1.29, 1.82) is 0 Å². The molecule has 0 radical (unpaired) electrons. The van der Waals surface area contributed by atoms with Gasteiger partial charge < -0.3 is 14.8 Å². The van der Waals surface area contributed by atoms with Gasteiger partial charge in [-0.15, -0.1) is 0 Å². The van der Waals surface area contributed by atoms with Gasteiger partial charge in [-0.3, -0.25) is 9.97 Å². The first-order valence-electron chi connectivity index (χ1n) is 7.05. The highest BCUT2D eigenvalue weighted by Gasteiger charge is 1.98. The molecule has 0 fully saturated rings. The van der Waals surface area contributed by atoms with Crippen molar-refractivity contribution in [3.63, 3.8) is 0 Å². The molecule has 0 amide bonds. The zero-order chi connectivity index (χ0) is 14.8. The molecule has 1 N–H and O–H groups in total. The van der Waals surface area contributed by atoms with Crippen molar-refractivity contribution in [1.82, 2.24) is 15.3 Å². The third kappa shape index (κ3) is 5.89. The third-order valence-corrected chi connectivity index (χ3v) is 3.00. The average molecular weight is 287 g/mol. The van der Waals surface area contributed by atoms with E-state index < -0.39 is 0 Å². The lowest BCUT2D eigenvalue weighted by Gasteiger charge is -2.07. The Hall–Kier alpha value is -1.98. The van der Waals surface area contributed by atoms with Gasteiger partial charge in [-0.05, 0) is 29.8 Å². The molecule has 5 nitrogen and oxygen atoms in total. The molecule has 0 saturated heterocycles.